The second kappa shape index (κ2) is 7.37. The van der Waals surface area contributed by atoms with Crippen LogP contribution in [0.3, 0.4) is 0 Å². The van der Waals surface area contributed by atoms with Crippen LogP contribution in [0.1, 0.15) is 22.3 Å². The van der Waals surface area contributed by atoms with Crippen molar-refractivity contribution in [1.29, 1.82) is 0 Å². The molecule has 28 heavy (non-hydrogen) atoms. The Morgan fingerprint density at radius 2 is 1.75 bits per heavy atom. The summed E-state index contributed by atoms with van der Waals surface area (Å²) in [4.78, 5) is 27.4. The van der Waals surface area contributed by atoms with E-state index in [-0.39, 0.29) is 27.1 Å². The molecule has 1 atom stereocenters. The van der Waals surface area contributed by atoms with E-state index in [9.17, 15) is 14.7 Å². The summed E-state index contributed by atoms with van der Waals surface area (Å²) in [5.41, 5.74) is -0.263. The number of hydrogen-bond acceptors (Lipinski definition) is 5. The Balaban J connectivity index is 1.57. The molecular formula is C20H18Cl2N2O4. The molecule has 0 aliphatic carbocycles. The van der Waals surface area contributed by atoms with Gasteiger partial charge in [-0.05, 0) is 36.4 Å². The van der Waals surface area contributed by atoms with Crippen molar-refractivity contribution in [3.63, 3.8) is 0 Å². The van der Waals surface area contributed by atoms with Gasteiger partial charge < -0.3 is 20.1 Å². The molecule has 0 unspecified atom stereocenters. The van der Waals surface area contributed by atoms with Crippen LogP contribution in [-0.4, -0.2) is 43.1 Å². The minimum Gasteiger partial charge on any atom is -0.378 e. The summed E-state index contributed by atoms with van der Waals surface area (Å²) < 4.78 is 5.34. The minimum atomic E-state index is -2.06. The lowest BCUT2D eigenvalue weighted by molar-refractivity contribution is -0.133. The van der Waals surface area contributed by atoms with Crippen LogP contribution in [-0.2, 0) is 15.1 Å². The zero-order valence-electron chi connectivity index (χ0n) is 14.9. The average Bonchev–Trinajstić information content (AvgIpc) is 2.97. The highest BCUT2D eigenvalue weighted by Crippen LogP contribution is 2.46. The number of nitrogens with zero attached hydrogens (tertiary/aromatic N) is 1. The zero-order valence-corrected chi connectivity index (χ0v) is 16.4. The second-order valence-electron chi connectivity index (χ2n) is 6.84. The standard InChI is InChI=1S/C20H18Cl2N2O4/c21-14-5-6-15(22)18-17(14)20(27,19(26)23-18)11-16(25)12-1-3-13(4-2-12)24-7-9-28-10-8-24/h1-6,27H,7-11H2,(H,23,26)/t20-/m1/s1. The van der Waals surface area contributed by atoms with Crippen molar-refractivity contribution in [2.24, 2.45) is 0 Å². The molecule has 6 nitrogen and oxygen atoms in total. The highest BCUT2D eigenvalue weighted by molar-refractivity contribution is 6.38. The maximum absolute atomic E-state index is 12.8. The average molecular weight is 421 g/mol. The smallest absolute Gasteiger partial charge is 0.261 e. The van der Waals surface area contributed by atoms with Gasteiger partial charge >= 0.3 is 0 Å². The molecule has 0 bridgehead atoms. The van der Waals surface area contributed by atoms with E-state index >= 15 is 0 Å². The molecule has 2 aliphatic rings. The lowest BCUT2D eigenvalue weighted by Gasteiger charge is -2.29. The van der Waals surface area contributed by atoms with Crippen LogP contribution in [0.25, 0.3) is 0 Å². The summed E-state index contributed by atoms with van der Waals surface area (Å²) >= 11 is 12.3. The lowest BCUT2D eigenvalue weighted by atomic mass is 9.88. The molecule has 8 heteroatoms. The Hall–Kier alpha value is -2.12. The molecule has 0 saturated carbocycles. The Bertz CT molecular complexity index is 942. The monoisotopic (exact) mass is 420 g/mol. The van der Waals surface area contributed by atoms with Crippen LogP contribution >= 0.6 is 23.2 Å². The number of morpholine rings is 1. The first-order valence-electron chi connectivity index (χ1n) is 8.88. The van der Waals surface area contributed by atoms with Crippen molar-refractivity contribution in [2.45, 2.75) is 12.0 Å². The van der Waals surface area contributed by atoms with Crippen LogP contribution in [0.15, 0.2) is 36.4 Å². The van der Waals surface area contributed by atoms with Crippen molar-refractivity contribution < 1.29 is 19.4 Å². The van der Waals surface area contributed by atoms with Gasteiger partial charge in [0.1, 0.15) is 0 Å². The predicted molar refractivity (Wildman–Crippen MR) is 107 cm³/mol. The number of rotatable bonds is 4. The number of ketones is 1. The number of ether oxygens (including phenoxy) is 1. The van der Waals surface area contributed by atoms with E-state index in [0.717, 1.165) is 18.8 Å². The molecule has 4 rings (SSSR count). The van der Waals surface area contributed by atoms with E-state index in [1.807, 2.05) is 12.1 Å². The van der Waals surface area contributed by atoms with Crippen LogP contribution < -0.4 is 10.2 Å². The van der Waals surface area contributed by atoms with E-state index in [0.29, 0.717) is 18.8 Å². The lowest BCUT2D eigenvalue weighted by Crippen LogP contribution is -2.37. The highest BCUT2D eigenvalue weighted by atomic mass is 35.5. The first-order chi connectivity index (χ1) is 13.4. The van der Waals surface area contributed by atoms with Gasteiger partial charge in [0.2, 0.25) is 0 Å². The Kier molecular flexibility index (Phi) is 5.05. The van der Waals surface area contributed by atoms with Crippen LogP contribution in [0, 0.1) is 0 Å². The highest BCUT2D eigenvalue weighted by Gasteiger charge is 2.49. The van der Waals surface area contributed by atoms with Gasteiger partial charge in [0, 0.05) is 34.9 Å². The van der Waals surface area contributed by atoms with Gasteiger partial charge in [-0.3, -0.25) is 9.59 Å². The van der Waals surface area contributed by atoms with Crippen LogP contribution in [0.4, 0.5) is 11.4 Å². The van der Waals surface area contributed by atoms with E-state index < -0.39 is 17.9 Å². The Morgan fingerprint density at radius 1 is 1.11 bits per heavy atom. The summed E-state index contributed by atoms with van der Waals surface area (Å²) in [6.07, 6.45) is -0.428. The van der Waals surface area contributed by atoms with Crippen molar-refractivity contribution in [2.75, 3.05) is 36.5 Å². The van der Waals surface area contributed by atoms with Gasteiger partial charge in [-0.2, -0.15) is 0 Å². The largest absolute Gasteiger partial charge is 0.378 e. The van der Waals surface area contributed by atoms with E-state index in [1.165, 1.54) is 12.1 Å². The fourth-order valence-corrected chi connectivity index (χ4v) is 4.11. The van der Waals surface area contributed by atoms with E-state index in [4.69, 9.17) is 27.9 Å². The van der Waals surface area contributed by atoms with Gasteiger partial charge in [-0.15, -0.1) is 0 Å². The maximum atomic E-state index is 12.8. The summed E-state index contributed by atoms with van der Waals surface area (Å²) in [5.74, 6) is -1.08. The predicted octanol–water partition coefficient (Wildman–Crippen LogP) is 3.24. The number of hydrogen-bond donors (Lipinski definition) is 2. The van der Waals surface area contributed by atoms with Gasteiger partial charge in [-0.1, -0.05) is 23.2 Å². The molecule has 0 aromatic heterocycles. The molecule has 2 N–H and O–H groups in total. The first-order valence-corrected chi connectivity index (χ1v) is 9.64. The number of amides is 1. The molecule has 2 heterocycles. The number of benzene rings is 2. The molecule has 2 aliphatic heterocycles. The van der Waals surface area contributed by atoms with Crippen molar-refractivity contribution in [3.8, 4) is 0 Å². The normalized spacial score (nSPS) is 21.4. The Morgan fingerprint density at radius 3 is 2.43 bits per heavy atom. The minimum absolute atomic E-state index is 0.143. The summed E-state index contributed by atoms with van der Waals surface area (Å²) in [6.45, 7) is 2.93. The van der Waals surface area contributed by atoms with Gasteiger partial charge in [0.05, 0.1) is 30.3 Å². The molecule has 0 spiro atoms. The van der Waals surface area contributed by atoms with Crippen molar-refractivity contribution >= 4 is 46.3 Å². The molecule has 1 saturated heterocycles. The second-order valence-corrected chi connectivity index (χ2v) is 7.65. The first kappa shape index (κ1) is 19.2. The fourth-order valence-electron chi connectivity index (χ4n) is 3.59. The number of Topliss-reactive ketones (excluding diaryl/α,β-unsaturated/α-hetero) is 1. The summed E-state index contributed by atoms with van der Waals surface area (Å²) in [7, 11) is 0. The van der Waals surface area contributed by atoms with Gasteiger partial charge in [-0.25, -0.2) is 0 Å². The van der Waals surface area contributed by atoms with E-state index in [1.54, 1.807) is 12.1 Å². The van der Waals surface area contributed by atoms with Crippen molar-refractivity contribution in [3.05, 3.63) is 57.6 Å². The molecular weight excluding hydrogens is 403 g/mol. The van der Waals surface area contributed by atoms with Gasteiger partial charge in [0.25, 0.3) is 5.91 Å². The summed E-state index contributed by atoms with van der Waals surface area (Å²) in [5, 5.41) is 14.0. The molecule has 146 valence electrons. The number of nitrogens with one attached hydrogen (secondary N) is 1. The number of carbonyl (C=O) groups excluding carboxylic acids is 2. The molecule has 1 amide bonds. The number of aliphatic hydroxyl groups is 1. The number of fused-ring (bicyclic) bond motifs is 1. The van der Waals surface area contributed by atoms with Gasteiger partial charge in [0.15, 0.2) is 11.4 Å². The number of carbonyl (C=O) groups is 2. The number of halogens is 2. The topological polar surface area (TPSA) is 78.9 Å². The zero-order chi connectivity index (χ0) is 19.9. The molecule has 2 aromatic rings. The maximum Gasteiger partial charge on any atom is 0.261 e. The SMILES string of the molecule is O=C(C[C@]1(O)C(=O)Nc2c(Cl)ccc(Cl)c21)c1ccc(N2CCOCC2)cc1. The van der Waals surface area contributed by atoms with Crippen LogP contribution in [0.2, 0.25) is 10.0 Å². The Labute approximate surface area is 172 Å². The fraction of sp³-hybridized carbons (Fsp3) is 0.300. The van der Waals surface area contributed by atoms with Crippen molar-refractivity contribution in [1.82, 2.24) is 0 Å². The number of anilines is 2. The summed E-state index contributed by atoms with van der Waals surface area (Å²) in [6, 6.07) is 10.1. The molecule has 0 radical (unpaired) electrons. The van der Waals surface area contributed by atoms with Crippen LogP contribution in [0.5, 0.6) is 0 Å². The third kappa shape index (κ3) is 3.26. The third-order valence-corrected chi connectivity index (χ3v) is 5.74. The van der Waals surface area contributed by atoms with E-state index in [2.05, 4.69) is 10.2 Å². The molecule has 1 fully saturated rings. The quantitative estimate of drug-likeness (QED) is 0.742. The molecule has 2 aromatic carbocycles. The third-order valence-electron chi connectivity index (χ3n) is 5.11.